The van der Waals surface area contributed by atoms with E-state index in [-0.39, 0.29) is 23.8 Å². The average Bonchev–Trinajstić information content (AvgIpc) is 2.64. The Hall–Kier alpha value is -1.90. The van der Waals surface area contributed by atoms with Crippen molar-refractivity contribution < 1.29 is 17.9 Å². The molecule has 0 aliphatic heterocycles. The van der Waals surface area contributed by atoms with Gasteiger partial charge in [0, 0.05) is 24.5 Å². The number of nitrogens with zero attached hydrogens (tertiary/aromatic N) is 1. The molecule has 0 bridgehead atoms. The van der Waals surface area contributed by atoms with Gasteiger partial charge >= 0.3 is 0 Å². The maximum Gasteiger partial charge on any atom is 0.242 e. The monoisotopic (exact) mass is 454 g/mol. The van der Waals surface area contributed by atoms with Gasteiger partial charge < -0.3 is 10.1 Å². The second-order valence-corrected chi connectivity index (χ2v) is 9.04. The number of methoxy groups -OCH3 is 1. The Balaban J connectivity index is 1.88. The summed E-state index contributed by atoms with van der Waals surface area (Å²) in [5.74, 6) is 0.435. The van der Waals surface area contributed by atoms with E-state index in [0.29, 0.717) is 17.9 Å². The summed E-state index contributed by atoms with van der Waals surface area (Å²) in [6.45, 7) is 2.21. The van der Waals surface area contributed by atoms with Gasteiger partial charge in [0.1, 0.15) is 5.75 Å². The summed E-state index contributed by atoms with van der Waals surface area (Å²) in [5, 5.41) is 2.83. The standard InChI is InChI=1S/C19H23BrN2O4S/c1-14-6-11-18(17(20)13-14)21-19(23)5-4-12-22(2)27(24,25)16-9-7-15(26-3)8-10-16/h6-11,13H,4-5,12H2,1-3H3,(H,21,23). The molecule has 0 aliphatic rings. The minimum atomic E-state index is -3.59. The first-order valence-corrected chi connectivity index (χ1v) is 10.6. The first-order chi connectivity index (χ1) is 12.7. The number of aryl methyl sites for hydroxylation is 1. The molecule has 146 valence electrons. The molecule has 8 heteroatoms. The molecular formula is C19H23BrN2O4S. The molecule has 1 amide bonds. The number of sulfonamides is 1. The van der Waals surface area contributed by atoms with Crippen LogP contribution in [0.1, 0.15) is 18.4 Å². The fourth-order valence-electron chi connectivity index (χ4n) is 2.44. The van der Waals surface area contributed by atoms with Crippen molar-refractivity contribution in [3.05, 3.63) is 52.5 Å². The van der Waals surface area contributed by atoms with E-state index < -0.39 is 10.0 Å². The van der Waals surface area contributed by atoms with Crippen LogP contribution in [-0.2, 0) is 14.8 Å². The molecule has 0 saturated carbocycles. The molecule has 0 saturated heterocycles. The predicted octanol–water partition coefficient (Wildman–Crippen LogP) is 3.81. The minimum Gasteiger partial charge on any atom is -0.497 e. The van der Waals surface area contributed by atoms with Gasteiger partial charge in [0.15, 0.2) is 0 Å². The van der Waals surface area contributed by atoms with Crippen LogP contribution in [0.3, 0.4) is 0 Å². The van der Waals surface area contributed by atoms with Gasteiger partial charge in [-0.3, -0.25) is 4.79 Å². The van der Waals surface area contributed by atoms with Crippen LogP contribution in [0.5, 0.6) is 5.75 Å². The zero-order valence-corrected chi connectivity index (χ0v) is 17.9. The SMILES string of the molecule is COc1ccc(S(=O)(=O)N(C)CCCC(=O)Nc2ccc(C)cc2Br)cc1. The third-order valence-electron chi connectivity index (χ3n) is 4.04. The topological polar surface area (TPSA) is 75.7 Å². The Kier molecular flexibility index (Phi) is 7.41. The summed E-state index contributed by atoms with van der Waals surface area (Å²) in [6, 6.07) is 11.9. The number of benzene rings is 2. The fourth-order valence-corrected chi connectivity index (χ4v) is 4.25. The van der Waals surface area contributed by atoms with E-state index >= 15 is 0 Å². The lowest BCUT2D eigenvalue weighted by molar-refractivity contribution is -0.116. The van der Waals surface area contributed by atoms with E-state index in [1.807, 2.05) is 25.1 Å². The van der Waals surface area contributed by atoms with E-state index in [4.69, 9.17) is 4.74 Å². The quantitative estimate of drug-likeness (QED) is 0.657. The molecule has 2 aromatic carbocycles. The van der Waals surface area contributed by atoms with Crippen LogP contribution in [0.15, 0.2) is 51.8 Å². The van der Waals surface area contributed by atoms with Gasteiger partial charge in [0.25, 0.3) is 0 Å². The molecule has 6 nitrogen and oxygen atoms in total. The average molecular weight is 455 g/mol. The number of halogens is 1. The van der Waals surface area contributed by atoms with Crippen molar-refractivity contribution in [2.75, 3.05) is 26.0 Å². The molecule has 0 atom stereocenters. The van der Waals surface area contributed by atoms with Crippen LogP contribution >= 0.6 is 15.9 Å². The zero-order chi connectivity index (χ0) is 20.0. The molecule has 0 radical (unpaired) electrons. The number of carbonyl (C=O) groups excluding carboxylic acids is 1. The second-order valence-electron chi connectivity index (χ2n) is 6.14. The Morgan fingerprint density at radius 2 is 1.85 bits per heavy atom. The van der Waals surface area contributed by atoms with Crippen molar-refractivity contribution in [3.63, 3.8) is 0 Å². The smallest absolute Gasteiger partial charge is 0.242 e. The number of amides is 1. The molecule has 0 fully saturated rings. The number of carbonyl (C=O) groups is 1. The molecule has 0 aromatic heterocycles. The van der Waals surface area contributed by atoms with Gasteiger partial charge in [-0.1, -0.05) is 6.07 Å². The highest BCUT2D eigenvalue weighted by Gasteiger charge is 2.20. The number of rotatable bonds is 8. The van der Waals surface area contributed by atoms with Crippen molar-refractivity contribution in [1.82, 2.24) is 4.31 Å². The van der Waals surface area contributed by atoms with Gasteiger partial charge in [-0.05, 0) is 71.2 Å². The third-order valence-corrected chi connectivity index (χ3v) is 6.57. The molecule has 0 spiro atoms. The molecule has 2 aromatic rings. The lowest BCUT2D eigenvalue weighted by Gasteiger charge is -2.17. The summed E-state index contributed by atoms with van der Waals surface area (Å²) < 4.78 is 32.2. The van der Waals surface area contributed by atoms with Gasteiger partial charge in [-0.2, -0.15) is 0 Å². The van der Waals surface area contributed by atoms with Crippen LogP contribution in [0.2, 0.25) is 0 Å². The van der Waals surface area contributed by atoms with Gasteiger partial charge in [0.2, 0.25) is 15.9 Å². The van der Waals surface area contributed by atoms with Crippen LogP contribution < -0.4 is 10.1 Å². The van der Waals surface area contributed by atoms with Crippen LogP contribution in [-0.4, -0.2) is 39.3 Å². The Bertz CT molecular complexity index is 898. The Morgan fingerprint density at radius 1 is 1.19 bits per heavy atom. The van der Waals surface area contributed by atoms with Crippen LogP contribution in [0.4, 0.5) is 5.69 Å². The highest BCUT2D eigenvalue weighted by molar-refractivity contribution is 9.10. The highest BCUT2D eigenvalue weighted by atomic mass is 79.9. The Labute approximate surface area is 168 Å². The summed E-state index contributed by atoms with van der Waals surface area (Å²) in [4.78, 5) is 12.3. The first-order valence-electron chi connectivity index (χ1n) is 8.40. The lowest BCUT2D eigenvalue weighted by atomic mass is 10.2. The number of nitrogens with one attached hydrogen (secondary N) is 1. The number of hydrogen-bond acceptors (Lipinski definition) is 4. The molecular weight excluding hydrogens is 432 g/mol. The molecule has 0 aliphatic carbocycles. The van der Waals surface area contributed by atoms with Crippen molar-refractivity contribution in [2.24, 2.45) is 0 Å². The normalized spacial score (nSPS) is 11.4. The minimum absolute atomic E-state index is 0.158. The van der Waals surface area contributed by atoms with Gasteiger partial charge in [0.05, 0.1) is 17.7 Å². The van der Waals surface area contributed by atoms with Crippen molar-refractivity contribution in [1.29, 1.82) is 0 Å². The Morgan fingerprint density at radius 3 is 2.44 bits per heavy atom. The largest absolute Gasteiger partial charge is 0.497 e. The summed E-state index contributed by atoms with van der Waals surface area (Å²) in [7, 11) is -0.562. The van der Waals surface area contributed by atoms with Gasteiger partial charge in [-0.15, -0.1) is 0 Å². The summed E-state index contributed by atoms with van der Waals surface area (Å²) in [6.07, 6.45) is 0.643. The van der Waals surface area contributed by atoms with E-state index in [2.05, 4.69) is 21.2 Å². The molecule has 1 N–H and O–H groups in total. The first kappa shape index (κ1) is 21.4. The number of hydrogen-bond donors (Lipinski definition) is 1. The maximum absolute atomic E-state index is 12.6. The van der Waals surface area contributed by atoms with Crippen molar-refractivity contribution >= 4 is 37.5 Å². The molecule has 27 heavy (non-hydrogen) atoms. The van der Waals surface area contributed by atoms with E-state index in [9.17, 15) is 13.2 Å². The highest BCUT2D eigenvalue weighted by Crippen LogP contribution is 2.23. The predicted molar refractivity (Wildman–Crippen MR) is 110 cm³/mol. The van der Waals surface area contributed by atoms with E-state index in [1.54, 1.807) is 12.1 Å². The molecule has 0 heterocycles. The summed E-state index contributed by atoms with van der Waals surface area (Å²) >= 11 is 3.42. The van der Waals surface area contributed by atoms with E-state index in [1.165, 1.54) is 30.6 Å². The van der Waals surface area contributed by atoms with Crippen LogP contribution in [0.25, 0.3) is 0 Å². The maximum atomic E-state index is 12.6. The molecule has 2 rings (SSSR count). The number of ether oxygens (including phenoxy) is 1. The molecule has 0 unspecified atom stereocenters. The zero-order valence-electron chi connectivity index (χ0n) is 15.5. The fraction of sp³-hybridized carbons (Fsp3) is 0.316. The second kappa shape index (κ2) is 9.34. The summed E-state index contributed by atoms with van der Waals surface area (Å²) in [5.41, 5.74) is 1.79. The van der Waals surface area contributed by atoms with Crippen molar-refractivity contribution in [3.8, 4) is 5.75 Å². The third kappa shape index (κ3) is 5.79. The van der Waals surface area contributed by atoms with E-state index in [0.717, 1.165) is 10.0 Å². The lowest BCUT2D eigenvalue weighted by Crippen LogP contribution is -2.28. The van der Waals surface area contributed by atoms with Crippen molar-refractivity contribution in [2.45, 2.75) is 24.7 Å². The number of anilines is 1. The van der Waals surface area contributed by atoms with Gasteiger partial charge in [-0.25, -0.2) is 12.7 Å². The van der Waals surface area contributed by atoms with Crippen LogP contribution in [0, 0.1) is 6.92 Å².